The van der Waals surface area contributed by atoms with Crippen molar-refractivity contribution < 1.29 is 23.9 Å². The van der Waals surface area contributed by atoms with Crippen molar-refractivity contribution in [2.24, 2.45) is 11.8 Å². The lowest BCUT2D eigenvalue weighted by Gasteiger charge is -2.29. The van der Waals surface area contributed by atoms with Gasteiger partial charge in [-0.25, -0.2) is 0 Å². The quantitative estimate of drug-likeness (QED) is 0.556. The fourth-order valence-corrected chi connectivity index (χ4v) is 6.01. The van der Waals surface area contributed by atoms with Crippen molar-refractivity contribution in [2.45, 2.75) is 43.4 Å². The second-order valence-electron chi connectivity index (χ2n) is 8.88. The van der Waals surface area contributed by atoms with Crippen LogP contribution in [0.15, 0.2) is 54.6 Å². The Bertz CT molecular complexity index is 1100. The van der Waals surface area contributed by atoms with Gasteiger partial charge in [0.05, 0.1) is 17.9 Å². The van der Waals surface area contributed by atoms with E-state index in [1.807, 2.05) is 30.3 Å². The van der Waals surface area contributed by atoms with Crippen LogP contribution >= 0.6 is 0 Å². The molecule has 3 fully saturated rings. The molecule has 6 nitrogen and oxygen atoms in total. The fourth-order valence-electron chi connectivity index (χ4n) is 6.01. The summed E-state index contributed by atoms with van der Waals surface area (Å²) in [7, 11) is 0. The summed E-state index contributed by atoms with van der Waals surface area (Å²) in [6.45, 7) is 0. The number of ether oxygens (including phenoxy) is 1. The fraction of sp³-hybridized carbons (Fsp3) is 0.360. The van der Waals surface area contributed by atoms with Gasteiger partial charge >= 0.3 is 0 Å². The number of likely N-dealkylation sites (tertiary alicyclic amines) is 1. The van der Waals surface area contributed by atoms with Crippen molar-refractivity contribution in [1.29, 1.82) is 0 Å². The third-order valence-corrected chi connectivity index (χ3v) is 7.37. The van der Waals surface area contributed by atoms with E-state index in [-0.39, 0.29) is 23.1 Å². The van der Waals surface area contributed by atoms with Crippen molar-refractivity contribution in [3.05, 3.63) is 71.3 Å². The predicted molar refractivity (Wildman–Crippen MR) is 109 cm³/mol. The number of benzene rings is 2. The Hall–Kier alpha value is -3.12. The van der Waals surface area contributed by atoms with E-state index in [1.54, 1.807) is 24.3 Å². The highest BCUT2D eigenvalue weighted by Gasteiger charge is 2.75. The summed E-state index contributed by atoms with van der Waals surface area (Å²) in [5.41, 5.74) is -0.742. The number of carbonyl (C=O) groups excluding carboxylic acids is 4. The summed E-state index contributed by atoms with van der Waals surface area (Å²) in [6, 6.07) is 15.5. The Morgan fingerprint density at radius 3 is 1.97 bits per heavy atom. The summed E-state index contributed by atoms with van der Waals surface area (Å²) >= 11 is 0. The third-order valence-electron chi connectivity index (χ3n) is 7.37. The number of carbonyl (C=O) groups is 4. The average molecular weight is 415 g/mol. The molecule has 2 saturated heterocycles. The van der Waals surface area contributed by atoms with Crippen molar-refractivity contribution in [1.82, 2.24) is 4.90 Å². The Morgan fingerprint density at radius 1 is 0.774 bits per heavy atom. The summed E-state index contributed by atoms with van der Waals surface area (Å²) in [5, 5.41) is 0. The van der Waals surface area contributed by atoms with Gasteiger partial charge in [0.2, 0.25) is 29.0 Å². The van der Waals surface area contributed by atoms with Crippen LogP contribution in [0.5, 0.6) is 0 Å². The number of nitrogens with zero attached hydrogens (tertiary/aromatic N) is 1. The second-order valence-corrected chi connectivity index (χ2v) is 8.88. The van der Waals surface area contributed by atoms with E-state index in [4.69, 9.17) is 4.74 Å². The Morgan fingerprint density at radius 2 is 1.35 bits per heavy atom. The molecule has 2 aromatic rings. The third kappa shape index (κ3) is 2.26. The molecule has 31 heavy (non-hydrogen) atoms. The Labute approximate surface area is 179 Å². The van der Waals surface area contributed by atoms with E-state index in [2.05, 4.69) is 0 Å². The van der Waals surface area contributed by atoms with Crippen LogP contribution in [0, 0.1) is 11.8 Å². The van der Waals surface area contributed by atoms with Crippen LogP contribution in [0.1, 0.15) is 58.1 Å². The van der Waals surface area contributed by atoms with E-state index in [0.717, 1.165) is 25.7 Å². The molecule has 2 aliphatic heterocycles. The van der Waals surface area contributed by atoms with Crippen LogP contribution < -0.4 is 0 Å². The molecule has 3 atom stereocenters. The van der Waals surface area contributed by atoms with Gasteiger partial charge in [-0.2, -0.15) is 0 Å². The molecule has 4 aliphatic rings. The van der Waals surface area contributed by atoms with Gasteiger partial charge in [0.25, 0.3) is 0 Å². The van der Waals surface area contributed by atoms with Crippen molar-refractivity contribution >= 4 is 23.4 Å². The zero-order valence-corrected chi connectivity index (χ0v) is 16.8. The number of hydrogen-bond acceptors (Lipinski definition) is 5. The average Bonchev–Trinajstić information content (AvgIpc) is 3.54. The molecule has 156 valence electrons. The van der Waals surface area contributed by atoms with E-state index in [1.165, 1.54) is 4.90 Å². The van der Waals surface area contributed by atoms with E-state index in [0.29, 0.717) is 5.56 Å². The first-order chi connectivity index (χ1) is 15.1. The van der Waals surface area contributed by atoms with Gasteiger partial charge < -0.3 is 4.74 Å². The maximum absolute atomic E-state index is 13.7. The highest BCUT2D eigenvalue weighted by Crippen LogP contribution is 2.57. The smallest absolute Gasteiger partial charge is 0.237 e. The predicted octanol–water partition coefficient (Wildman–Crippen LogP) is 3.12. The first-order valence-corrected chi connectivity index (χ1v) is 10.8. The van der Waals surface area contributed by atoms with E-state index >= 15 is 0 Å². The number of Topliss-reactive ketones (excluding diaryl/α,β-unsaturated/α-hetero) is 2. The topological polar surface area (TPSA) is 80.8 Å². The SMILES string of the molecule is O=C1[C@@H]2[C@H](c3ccccc3)OC3(C(=O)c4ccccc4C3=O)[C@H]2C(=O)N1C1CCCC1. The van der Waals surface area contributed by atoms with Crippen LogP contribution in [0.25, 0.3) is 0 Å². The van der Waals surface area contributed by atoms with Gasteiger partial charge in [0, 0.05) is 17.2 Å². The standard InChI is InChI=1S/C25H21NO5/c27-21-16-12-6-7-13-17(16)22(28)25(21)19-18(20(31-25)14-8-2-1-3-9-14)23(29)26(24(19)30)15-10-4-5-11-15/h1-3,6-9,12-13,15,18-20H,4-5,10-11H2/t18-,19+,20-/m0/s1. The maximum atomic E-state index is 13.7. The summed E-state index contributed by atoms with van der Waals surface area (Å²) in [5.74, 6) is -3.76. The number of fused-ring (bicyclic) bond motifs is 3. The zero-order chi connectivity index (χ0) is 21.3. The van der Waals surface area contributed by atoms with Crippen molar-refractivity contribution in [3.63, 3.8) is 0 Å². The molecular formula is C25H21NO5. The first kappa shape index (κ1) is 18.6. The second kappa shape index (κ2) is 6.44. The molecule has 0 unspecified atom stereocenters. The highest BCUT2D eigenvalue weighted by molar-refractivity contribution is 6.35. The lowest BCUT2D eigenvalue weighted by atomic mass is 9.77. The van der Waals surface area contributed by atoms with Gasteiger partial charge in [-0.3, -0.25) is 24.1 Å². The van der Waals surface area contributed by atoms with Gasteiger partial charge in [-0.15, -0.1) is 0 Å². The number of amides is 2. The minimum Gasteiger partial charge on any atom is -0.349 e. The number of imide groups is 1. The van der Waals surface area contributed by atoms with Crippen molar-refractivity contribution in [2.75, 3.05) is 0 Å². The summed E-state index contributed by atoms with van der Waals surface area (Å²) in [4.78, 5) is 55.8. The maximum Gasteiger partial charge on any atom is 0.237 e. The molecule has 1 spiro atoms. The summed E-state index contributed by atoms with van der Waals surface area (Å²) < 4.78 is 6.25. The molecule has 2 heterocycles. The lowest BCUT2D eigenvalue weighted by molar-refractivity contribution is -0.147. The molecule has 2 aliphatic carbocycles. The van der Waals surface area contributed by atoms with E-state index < -0.39 is 41.0 Å². The normalized spacial score (nSPS) is 29.3. The lowest BCUT2D eigenvalue weighted by Crippen LogP contribution is -2.51. The molecule has 0 N–H and O–H groups in total. The molecule has 0 aromatic heterocycles. The van der Waals surface area contributed by atoms with E-state index in [9.17, 15) is 19.2 Å². The van der Waals surface area contributed by atoms with Crippen LogP contribution in [0.2, 0.25) is 0 Å². The first-order valence-electron chi connectivity index (χ1n) is 10.8. The highest BCUT2D eigenvalue weighted by atomic mass is 16.5. The van der Waals surface area contributed by atoms with Crippen LogP contribution in [-0.2, 0) is 14.3 Å². The van der Waals surface area contributed by atoms with Crippen LogP contribution in [0.4, 0.5) is 0 Å². The minimum absolute atomic E-state index is 0.159. The molecule has 0 radical (unpaired) electrons. The Balaban J connectivity index is 1.53. The molecule has 6 heteroatoms. The zero-order valence-electron chi connectivity index (χ0n) is 16.8. The number of ketones is 2. The number of hydrogen-bond donors (Lipinski definition) is 0. The molecule has 2 amide bonds. The summed E-state index contributed by atoms with van der Waals surface area (Å²) in [6.07, 6.45) is 2.64. The Kier molecular flexibility index (Phi) is 3.87. The minimum atomic E-state index is -1.96. The van der Waals surface area contributed by atoms with Gasteiger partial charge in [-0.05, 0) is 18.4 Å². The molecule has 1 saturated carbocycles. The van der Waals surface area contributed by atoms with Gasteiger partial charge in [0.1, 0.15) is 0 Å². The molecule has 0 bridgehead atoms. The van der Waals surface area contributed by atoms with Crippen LogP contribution in [0.3, 0.4) is 0 Å². The molecular weight excluding hydrogens is 394 g/mol. The molecule has 6 rings (SSSR count). The largest absolute Gasteiger partial charge is 0.349 e. The van der Waals surface area contributed by atoms with Gasteiger partial charge in [-0.1, -0.05) is 67.4 Å². The van der Waals surface area contributed by atoms with Crippen molar-refractivity contribution in [3.8, 4) is 0 Å². The molecule has 2 aromatic carbocycles. The van der Waals surface area contributed by atoms with Gasteiger partial charge in [0.15, 0.2) is 0 Å². The van der Waals surface area contributed by atoms with Crippen LogP contribution in [-0.4, -0.2) is 39.9 Å². The number of rotatable bonds is 2. The monoisotopic (exact) mass is 415 g/mol.